The number of nitrogens with zero attached hydrogens (tertiary/aromatic N) is 2. The van der Waals surface area contributed by atoms with Crippen molar-refractivity contribution < 1.29 is 4.74 Å². The molecule has 0 aliphatic carbocycles. The van der Waals surface area contributed by atoms with Crippen LogP contribution in [0.15, 0.2) is 47.5 Å². The highest BCUT2D eigenvalue weighted by Crippen LogP contribution is 2.16. The first kappa shape index (κ1) is 21.5. The number of benzene rings is 1. The van der Waals surface area contributed by atoms with Gasteiger partial charge >= 0.3 is 0 Å². The summed E-state index contributed by atoms with van der Waals surface area (Å²) in [6.07, 6.45) is -0.0122. The number of ether oxygens (including phenoxy) is 1. The van der Waals surface area contributed by atoms with Crippen molar-refractivity contribution in [1.82, 2.24) is 15.6 Å². The number of halogens is 2. The average Bonchev–Trinajstić information content (AvgIpc) is 2.57. The number of hydrogen-bond donors (Lipinski definition) is 2. The van der Waals surface area contributed by atoms with E-state index in [1.807, 2.05) is 56.3 Å². The molecule has 1 aromatic carbocycles. The maximum atomic E-state index is 5.87. The number of aliphatic imine (C=N–C) groups is 1. The van der Waals surface area contributed by atoms with Crippen molar-refractivity contribution in [3.8, 4) is 5.75 Å². The number of guanidine groups is 1. The molecule has 1 aromatic heterocycles. The minimum absolute atomic E-state index is 0. The van der Waals surface area contributed by atoms with E-state index in [1.54, 1.807) is 7.05 Å². The molecule has 136 valence electrons. The SMILES string of the molecule is CN=C(NCc1cccc(C)n1)NCC(C)Oc1ccc(Cl)cc1.I. The number of hydrogen-bond acceptors (Lipinski definition) is 3. The van der Waals surface area contributed by atoms with Crippen LogP contribution < -0.4 is 15.4 Å². The van der Waals surface area contributed by atoms with Crippen molar-refractivity contribution in [2.24, 2.45) is 4.99 Å². The van der Waals surface area contributed by atoms with Crippen molar-refractivity contribution in [3.05, 3.63) is 58.9 Å². The van der Waals surface area contributed by atoms with E-state index in [0.29, 0.717) is 24.1 Å². The number of aryl methyl sites for hydroxylation is 1. The van der Waals surface area contributed by atoms with E-state index in [-0.39, 0.29) is 30.1 Å². The van der Waals surface area contributed by atoms with Crippen LogP contribution in [0.5, 0.6) is 5.75 Å². The van der Waals surface area contributed by atoms with Gasteiger partial charge < -0.3 is 15.4 Å². The molecule has 1 atom stereocenters. The Morgan fingerprint density at radius 1 is 1.20 bits per heavy atom. The van der Waals surface area contributed by atoms with Gasteiger partial charge in [0.15, 0.2) is 5.96 Å². The fourth-order valence-electron chi connectivity index (χ4n) is 2.12. The minimum Gasteiger partial charge on any atom is -0.489 e. The summed E-state index contributed by atoms with van der Waals surface area (Å²) in [7, 11) is 1.74. The second-order valence-corrected chi connectivity index (χ2v) is 5.90. The number of aromatic nitrogens is 1. The van der Waals surface area contributed by atoms with E-state index >= 15 is 0 Å². The Morgan fingerprint density at radius 3 is 2.56 bits per heavy atom. The second-order valence-electron chi connectivity index (χ2n) is 5.46. The fourth-order valence-corrected chi connectivity index (χ4v) is 2.25. The molecule has 0 bridgehead atoms. The van der Waals surface area contributed by atoms with E-state index in [9.17, 15) is 0 Å². The summed E-state index contributed by atoms with van der Waals surface area (Å²) in [5, 5.41) is 7.19. The Kier molecular flexibility index (Phi) is 9.59. The van der Waals surface area contributed by atoms with Gasteiger partial charge in [-0.05, 0) is 50.2 Å². The highest BCUT2D eigenvalue weighted by atomic mass is 127. The van der Waals surface area contributed by atoms with Gasteiger partial charge in [0.25, 0.3) is 0 Å². The van der Waals surface area contributed by atoms with Gasteiger partial charge in [0, 0.05) is 17.8 Å². The third-order valence-electron chi connectivity index (χ3n) is 3.31. The maximum absolute atomic E-state index is 5.87. The Bertz CT molecular complexity index is 679. The van der Waals surface area contributed by atoms with Crippen molar-refractivity contribution in [1.29, 1.82) is 0 Å². The Hall–Kier alpha value is -1.54. The van der Waals surface area contributed by atoms with Gasteiger partial charge in [0.05, 0.1) is 18.8 Å². The molecule has 7 heteroatoms. The molecule has 0 saturated heterocycles. The average molecular weight is 475 g/mol. The molecule has 0 fully saturated rings. The van der Waals surface area contributed by atoms with Gasteiger partial charge in [-0.2, -0.15) is 0 Å². The normalized spacial score (nSPS) is 12.1. The Balaban J connectivity index is 0.00000312. The molecule has 5 nitrogen and oxygen atoms in total. The molecule has 0 amide bonds. The standard InChI is InChI=1S/C18H23ClN4O.HI/c1-13-5-4-6-16(23-13)12-22-18(20-3)21-11-14(2)24-17-9-7-15(19)8-10-17;/h4-10,14H,11-12H2,1-3H3,(H2,20,21,22);1H. The van der Waals surface area contributed by atoms with E-state index in [4.69, 9.17) is 16.3 Å². The minimum atomic E-state index is -0.0122. The van der Waals surface area contributed by atoms with Gasteiger partial charge in [0.2, 0.25) is 0 Å². The van der Waals surface area contributed by atoms with Gasteiger partial charge in [0.1, 0.15) is 11.9 Å². The third kappa shape index (κ3) is 7.92. The summed E-state index contributed by atoms with van der Waals surface area (Å²) < 4.78 is 5.83. The van der Waals surface area contributed by atoms with Crippen molar-refractivity contribution in [2.45, 2.75) is 26.5 Å². The largest absolute Gasteiger partial charge is 0.489 e. The lowest BCUT2D eigenvalue weighted by Gasteiger charge is -2.17. The van der Waals surface area contributed by atoms with E-state index in [1.165, 1.54) is 0 Å². The first-order chi connectivity index (χ1) is 11.6. The van der Waals surface area contributed by atoms with Crippen molar-refractivity contribution in [3.63, 3.8) is 0 Å². The van der Waals surface area contributed by atoms with E-state index in [0.717, 1.165) is 17.1 Å². The zero-order chi connectivity index (χ0) is 17.4. The predicted octanol–water partition coefficient (Wildman–Crippen LogP) is 3.79. The first-order valence-electron chi connectivity index (χ1n) is 7.86. The van der Waals surface area contributed by atoms with E-state index < -0.39 is 0 Å². The van der Waals surface area contributed by atoms with Crippen LogP contribution in [0.3, 0.4) is 0 Å². The highest BCUT2D eigenvalue weighted by molar-refractivity contribution is 14.0. The lowest BCUT2D eigenvalue weighted by molar-refractivity contribution is 0.224. The lowest BCUT2D eigenvalue weighted by atomic mass is 10.3. The molecular weight excluding hydrogens is 451 g/mol. The third-order valence-corrected chi connectivity index (χ3v) is 3.57. The van der Waals surface area contributed by atoms with E-state index in [2.05, 4.69) is 20.6 Å². The fraction of sp³-hybridized carbons (Fsp3) is 0.333. The van der Waals surface area contributed by atoms with Crippen LogP contribution in [0.2, 0.25) is 5.02 Å². The monoisotopic (exact) mass is 474 g/mol. The molecule has 0 spiro atoms. The van der Waals surface area contributed by atoms with Crippen LogP contribution in [0, 0.1) is 6.92 Å². The topological polar surface area (TPSA) is 58.5 Å². The summed E-state index contributed by atoms with van der Waals surface area (Å²) in [5.74, 6) is 1.51. The van der Waals surface area contributed by atoms with Crippen LogP contribution in [0.1, 0.15) is 18.3 Å². The summed E-state index contributed by atoms with van der Waals surface area (Å²) >= 11 is 5.87. The number of pyridine rings is 1. The molecule has 0 aliphatic rings. The van der Waals surface area contributed by atoms with Crippen molar-refractivity contribution >= 4 is 41.5 Å². The van der Waals surface area contributed by atoms with Gasteiger partial charge in [-0.1, -0.05) is 17.7 Å². The zero-order valence-electron chi connectivity index (χ0n) is 14.6. The molecule has 0 radical (unpaired) electrons. The molecule has 1 heterocycles. The van der Waals surface area contributed by atoms with Crippen LogP contribution >= 0.6 is 35.6 Å². The Labute approximate surface area is 171 Å². The number of rotatable bonds is 6. The number of nitrogens with one attached hydrogen (secondary N) is 2. The molecule has 25 heavy (non-hydrogen) atoms. The molecule has 0 aliphatic heterocycles. The van der Waals surface area contributed by atoms with Crippen molar-refractivity contribution in [2.75, 3.05) is 13.6 Å². The molecule has 2 N–H and O–H groups in total. The summed E-state index contributed by atoms with van der Waals surface area (Å²) in [5.41, 5.74) is 1.98. The van der Waals surface area contributed by atoms with Gasteiger partial charge in [-0.15, -0.1) is 24.0 Å². The van der Waals surface area contributed by atoms with Gasteiger partial charge in [-0.25, -0.2) is 0 Å². The van der Waals surface area contributed by atoms with Crippen LogP contribution in [-0.2, 0) is 6.54 Å². The molecule has 2 aromatic rings. The molecule has 2 rings (SSSR count). The molecule has 0 saturated carbocycles. The quantitative estimate of drug-likeness (QED) is 0.380. The lowest BCUT2D eigenvalue weighted by Crippen LogP contribution is -2.41. The smallest absolute Gasteiger partial charge is 0.191 e. The van der Waals surface area contributed by atoms with Crippen LogP contribution in [-0.4, -0.2) is 30.6 Å². The summed E-state index contributed by atoms with van der Waals surface area (Å²) in [6.45, 7) is 5.22. The summed E-state index contributed by atoms with van der Waals surface area (Å²) in [4.78, 5) is 8.67. The molecule has 1 unspecified atom stereocenters. The highest BCUT2D eigenvalue weighted by Gasteiger charge is 2.06. The zero-order valence-corrected chi connectivity index (χ0v) is 17.7. The second kappa shape index (κ2) is 11.1. The Morgan fingerprint density at radius 2 is 1.92 bits per heavy atom. The van der Waals surface area contributed by atoms with Crippen LogP contribution in [0.25, 0.3) is 0 Å². The molecular formula is C18H24ClIN4O. The first-order valence-corrected chi connectivity index (χ1v) is 8.24. The van der Waals surface area contributed by atoms with Gasteiger partial charge in [-0.3, -0.25) is 9.98 Å². The summed E-state index contributed by atoms with van der Waals surface area (Å²) in [6, 6.07) is 13.3. The van der Waals surface area contributed by atoms with Crippen LogP contribution in [0.4, 0.5) is 0 Å². The maximum Gasteiger partial charge on any atom is 0.191 e. The predicted molar refractivity (Wildman–Crippen MR) is 114 cm³/mol.